The van der Waals surface area contributed by atoms with Crippen LogP contribution in [0, 0.1) is 46.5 Å². The molecule has 376 valence electrons. The van der Waals surface area contributed by atoms with Crippen LogP contribution >= 0.6 is 0 Å². The number of nitriles is 3. The van der Waals surface area contributed by atoms with Gasteiger partial charge < -0.3 is 46.6 Å². The van der Waals surface area contributed by atoms with E-state index in [4.69, 9.17) is 34.3 Å². The van der Waals surface area contributed by atoms with E-state index in [1.54, 1.807) is 36.6 Å². The Balaban J connectivity index is 0.000000135. The lowest BCUT2D eigenvalue weighted by Gasteiger charge is -2.35. The molecule has 9 heterocycles. The van der Waals surface area contributed by atoms with Crippen LogP contribution in [0.2, 0.25) is 0 Å². The van der Waals surface area contributed by atoms with E-state index in [9.17, 15) is 34.0 Å². The van der Waals surface area contributed by atoms with Crippen molar-refractivity contribution in [2.75, 3.05) is 71.4 Å². The van der Waals surface area contributed by atoms with Gasteiger partial charge in [0, 0.05) is 90.3 Å². The first-order valence-corrected chi connectivity index (χ1v) is 25.0. The van der Waals surface area contributed by atoms with Crippen LogP contribution in [-0.2, 0) is 28.8 Å². The van der Waals surface area contributed by atoms with Crippen molar-refractivity contribution in [3.05, 3.63) is 35.7 Å². The smallest absolute Gasteiger partial charge is 0.244 e. The molecule has 14 atom stereocenters. The summed E-state index contributed by atoms with van der Waals surface area (Å²) in [6.45, 7) is 11.7. The lowest BCUT2D eigenvalue weighted by molar-refractivity contribution is -0.138. The summed E-state index contributed by atoms with van der Waals surface area (Å²) in [6, 6.07) is 10.8. The van der Waals surface area contributed by atoms with Gasteiger partial charge in [-0.15, -0.1) is 0 Å². The van der Waals surface area contributed by atoms with Gasteiger partial charge in [0.2, 0.25) is 35.4 Å². The van der Waals surface area contributed by atoms with Crippen LogP contribution in [0.3, 0.4) is 0 Å². The Morgan fingerprint density at radius 2 is 1.07 bits per heavy atom. The van der Waals surface area contributed by atoms with Crippen molar-refractivity contribution in [2.45, 2.75) is 136 Å². The molecule has 9 aliphatic heterocycles. The molecule has 0 spiro atoms. The van der Waals surface area contributed by atoms with Crippen LogP contribution in [-0.4, -0.2) is 220 Å². The van der Waals surface area contributed by atoms with Gasteiger partial charge in [0.15, 0.2) is 5.69 Å². The minimum Gasteiger partial charge on any atom is -0.340 e. The Morgan fingerprint density at radius 3 is 1.49 bits per heavy atom. The van der Waals surface area contributed by atoms with Gasteiger partial charge in [-0.3, -0.25) is 43.5 Å². The van der Waals surface area contributed by atoms with Crippen LogP contribution in [0.15, 0.2) is 24.3 Å². The van der Waals surface area contributed by atoms with Gasteiger partial charge in [-0.1, -0.05) is 12.1 Å². The van der Waals surface area contributed by atoms with Gasteiger partial charge in [-0.25, -0.2) is 4.85 Å². The Hall–Kier alpha value is -6.24. The molecule has 1 aromatic rings. The standard InChI is InChI=1S/C21H22N6O2.2C14H21N5O2/c1-24-13-2-4-14(5-3-13)26-16-8-19(21(26)29)25(10-16)11-17(23)20(28)27-15(9-22)6-12-7-18(12)27;2*1-17-10-5-12(14(17)21)18(7-10)8-11(16)13(20)19-4-2-3-9(19)6-15/h2-5,12,15-19H,6-8,10-11,23H2;2*9-12H,2-5,7-8,16H2,1H3/t12-,15+,16?,17+,18+,19+;2*9-,10?,11-,12-/m100/s1. The number of carbonyl (C=O) groups is 6. The largest absolute Gasteiger partial charge is 0.340 e. The van der Waals surface area contributed by atoms with Crippen molar-refractivity contribution in [3.63, 3.8) is 0 Å². The molecule has 0 aromatic heterocycles. The number of hydrogen-bond acceptors (Lipinski definition) is 15. The van der Waals surface area contributed by atoms with E-state index in [0.29, 0.717) is 50.9 Å². The van der Waals surface area contributed by atoms with E-state index in [2.05, 4.69) is 23.1 Å². The summed E-state index contributed by atoms with van der Waals surface area (Å²) in [6.07, 6.45) is 7.29. The van der Waals surface area contributed by atoms with Crippen LogP contribution < -0.4 is 22.1 Å². The monoisotopic (exact) mass is 973 g/mol. The highest BCUT2D eigenvalue weighted by atomic mass is 16.2. The van der Waals surface area contributed by atoms with E-state index < -0.39 is 18.1 Å². The number of fused-ring (bicyclic) bond motifs is 7. The van der Waals surface area contributed by atoms with Crippen molar-refractivity contribution >= 4 is 46.8 Å². The fourth-order valence-corrected chi connectivity index (χ4v) is 12.8. The molecule has 0 radical (unpaired) electrons. The number of carbonyl (C=O) groups excluding carboxylic acids is 6. The lowest BCUT2D eigenvalue weighted by atomic mass is 10.1. The zero-order valence-electron chi connectivity index (χ0n) is 40.4. The van der Waals surface area contributed by atoms with Gasteiger partial charge in [-0.2, -0.15) is 15.8 Å². The summed E-state index contributed by atoms with van der Waals surface area (Å²) in [5, 5.41) is 27.4. The van der Waals surface area contributed by atoms with Crippen molar-refractivity contribution < 1.29 is 28.8 Å². The highest BCUT2D eigenvalue weighted by Crippen LogP contribution is 2.48. The molecule has 10 aliphatic rings. The minimum absolute atomic E-state index is 0.0230. The summed E-state index contributed by atoms with van der Waals surface area (Å²) < 4.78 is 0. The second-order valence-electron chi connectivity index (χ2n) is 21.0. The topological polar surface area (TPSA) is 285 Å². The van der Waals surface area contributed by atoms with Gasteiger partial charge in [0.05, 0.1) is 67.1 Å². The summed E-state index contributed by atoms with van der Waals surface area (Å²) >= 11 is 0. The van der Waals surface area contributed by atoms with E-state index in [-0.39, 0.29) is 95.9 Å². The third-order valence-electron chi connectivity index (χ3n) is 16.8. The number of benzene rings is 1. The van der Waals surface area contributed by atoms with Gasteiger partial charge in [-0.05, 0) is 75.8 Å². The number of piperidine rings is 1. The normalized spacial score (nSPS) is 33.5. The molecular weight excluding hydrogens is 909 g/mol. The number of rotatable bonds is 10. The van der Waals surface area contributed by atoms with Crippen LogP contribution in [0.5, 0.6) is 0 Å². The molecule has 3 unspecified atom stereocenters. The number of anilines is 1. The number of amides is 6. The van der Waals surface area contributed by atoms with E-state index in [1.165, 1.54) is 0 Å². The highest BCUT2D eigenvalue weighted by molar-refractivity contribution is 6.01. The van der Waals surface area contributed by atoms with E-state index in [0.717, 1.165) is 76.6 Å². The first-order valence-electron chi connectivity index (χ1n) is 25.0. The molecule has 6 amide bonds. The van der Waals surface area contributed by atoms with Crippen molar-refractivity contribution in [1.29, 1.82) is 15.8 Å². The minimum atomic E-state index is -0.719. The molecule has 1 aliphatic carbocycles. The number of piperazine rings is 3. The number of likely N-dealkylation sites (tertiary alicyclic amines) is 8. The zero-order chi connectivity index (χ0) is 50.6. The highest BCUT2D eigenvalue weighted by Gasteiger charge is 2.56. The maximum Gasteiger partial charge on any atom is 0.244 e. The number of likely N-dealkylation sites (N-methyl/N-ethyl adjacent to an activating group) is 2. The molecule has 1 saturated carbocycles. The van der Waals surface area contributed by atoms with Crippen molar-refractivity contribution in [3.8, 4) is 18.2 Å². The third-order valence-corrected chi connectivity index (χ3v) is 16.8. The molecular formula is C49H64N16O6. The van der Waals surface area contributed by atoms with Crippen molar-refractivity contribution in [1.82, 2.24) is 39.2 Å². The third kappa shape index (κ3) is 9.29. The van der Waals surface area contributed by atoms with Crippen LogP contribution in [0.1, 0.15) is 57.8 Å². The summed E-state index contributed by atoms with van der Waals surface area (Å²) in [4.78, 5) is 94.3. The maximum absolute atomic E-state index is 12.9. The summed E-state index contributed by atoms with van der Waals surface area (Å²) in [5.74, 6) is 0.246. The molecule has 11 rings (SSSR count). The fourth-order valence-electron chi connectivity index (χ4n) is 12.8. The van der Waals surface area contributed by atoms with Gasteiger partial charge in [0.1, 0.15) is 18.1 Å². The van der Waals surface area contributed by atoms with E-state index in [1.807, 2.05) is 45.8 Å². The Morgan fingerprint density at radius 1 is 0.634 bits per heavy atom. The molecule has 10 fully saturated rings. The molecule has 6 bridgehead atoms. The van der Waals surface area contributed by atoms with E-state index >= 15 is 0 Å². The van der Waals surface area contributed by atoms with Gasteiger partial charge in [0.25, 0.3) is 0 Å². The molecule has 71 heavy (non-hydrogen) atoms. The number of nitrogens with two attached hydrogens (primary N) is 3. The van der Waals surface area contributed by atoms with Crippen molar-refractivity contribution in [2.24, 2.45) is 23.1 Å². The van der Waals surface area contributed by atoms with Crippen LogP contribution in [0.4, 0.5) is 11.4 Å². The van der Waals surface area contributed by atoms with Gasteiger partial charge >= 0.3 is 0 Å². The zero-order valence-corrected chi connectivity index (χ0v) is 40.4. The average molecular weight is 973 g/mol. The van der Waals surface area contributed by atoms with Crippen LogP contribution in [0.25, 0.3) is 4.85 Å². The SMILES string of the molecule is CN1C(=O)[C@@H]2CC1CN2C[C@H](N)C(=O)N1CCC[C@H]1C#N.CN1C(=O)[C@@H]2CC1CN2C[C@H](N)C(=O)N1CCC[C@H]1C#N.[C-]#[N+]c1ccc(N2C(=O)[C@@H]3CC2CN3C[C@H](N)C(=O)N2[C@H](C#N)C[C@@H]3C[C@@H]32)cc1. The second-order valence-corrected chi connectivity index (χ2v) is 21.0. The quantitative estimate of drug-likeness (QED) is 0.222. The molecule has 1 aromatic carbocycles. The Labute approximate surface area is 414 Å². The Kier molecular flexibility index (Phi) is 14.1. The number of nitrogens with zero attached hydrogens (tertiary/aromatic N) is 13. The maximum atomic E-state index is 12.9. The predicted octanol–water partition coefficient (Wildman–Crippen LogP) is -1.65. The lowest BCUT2D eigenvalue weighted by Crippen LogP contribution is -2.57. The fraction of sp³-hybridized carbons (Fsp3) is 0.673. The Bertz CT molecular complexity index is 2380. The second kappa shape index (κ2) is 20.1. The molecule has 6 N–H and O–H groups in total. The summed E-state index contributed by atoms with van der Waals surface area (Å²) in [7, 11) is 3.66. The number of hydrogen-bond donors (Lipinski definition) is 3. The summed E-state index contributed by atoms with van der Waals surface area (Å²) in [5.41, 5.74) is 19.7. The molecule has 22 nitrogen and oxygen atoms in total. The molecule has 9 saturated heterocycles. The molecule has 22 heteroatoms. The first-order chi connectivity index (χ1) is 34.1. The average Bonchev–Trinajstić information content (AvgIpc) is 4.21. The predicted molar refractivity (Wildman–Crippen MR) is 254 cm³/mol. The first kappa shape index (κ1) is 49.7.